The fourth-order valence-electron chi connectivity index (χ4n) is 0.557. The van der Waals surface area contributed by atoms with Gasteiger partial charge in [0.15, 0.2) is 5.96 Å². The maximum absolute atomic E-state index is 5.15. The van der Waals surface area contributed by atoms with Crippen molar-refractivity contribution in [1.82, 2.24) is 4.98 Å². The number of thiol groups is 1. The van der Waals surface area contributed by atoms with Gasteiger partial charge in [-0.25, -0.2) is 9.98 Å². The number of thiazole rings is 1. The van der Waals surface area contributed by atoms with Gasteiger partial charge >= 0.3 is 0 Å². The van der Waals surface area contributed by atoms with E-state index in [0.717, 1.165) is 5.69 Å². The molecule has 0 bridgehead atoms. The van der Waals surface area contributed by atoms with Crippen molar-refractivity contribution in [2.24, 2.45) is 16.5 Å². The third-order valence-corrected chi connectivity index (χ3v) is 1.97. The Labute approximate surface area is 73.8 Å². The van der Waals surface area contributed by atoms with Gasteiger partial charge in [0, 0.05) is 5.38 Å². The topological polar surface area (TPSA) is 77.3 Å². The molecular weight excluding hydrogens is 180 g/mol. The number of guanidine groups is 1. The molecular formula is C5H8N4S2. The maximum Gasteiger partial charge on any atom is 0.187 e. The highest BCUT2D eigenvalue weighted by atomic mass is 32.1. The van der Waals surface area contributed by atoms with Crippen LogP contribution in [0.5, 0.6) is 0 Å². The number of aromatic nitrogens is 1. The largest absolute Gasteiger partial charge is 0.370 e. The summed E-state index contributed by atoms with van der Waals surface area (Å²) in [5, 5.41) is 1.51. The zero-order chi connectivity index (χ0) is 8.27. The minimum Gasteiger partial charge on any atom is -0.370 e. The molecule has 6 heteroatoms. The Kier molecular flexibility index (Phi) is 2.72. The molecule has 0 saturated carbocycles. The minimum atomic E-state index is -0.341. The van der Waals surface area contributed by atoms with E-state index in [2.05, 4.69) is 22.6 Å². The summed E-state index contributed by atoms with van der Waals surface area (Å²) < 4.78 is 0. The molecule has 1 unspecified atom stereocenters. The monoisotopic (exact) mass is 188 g/mol. The number of nitrogens with zero attached hydrogens (tertiary/aromatic N) is 2. The molecule has 0 aliphatic rings. The number of hydrogen-bond acceptors (Lipinski definition) is 4. The predicted molar refractivity (Wildman–Crippen MR) is 49.7 cm³/mol. The van der Waals surface area contributed by atoms with Gasteiger partial charge in [0.05, 0.1) is 11.2 Å². The van der Waals surface area contributed by atoms with E-state index in [-0.39, 0.29) is 11.3 Å². The lowest BCUT2D eigenvalue weighted by molar-refractivity contribution is 0.980. The van der Waals surface area contributed by atoms with E-state index in [0.29, 0.717) is 0 Å². The van der Waals surface area contributed by atoms with Crippen LogP contribution in [0.1, 0.15) is 11.1 Å². The van der Waals surface area contributed by atoms with Gasteiger partial charge in [-0.3, -0.25) is 0 Å². The van der Waals surface area contributed by atoms with E-state index >= 15 is 0 Å². The number of aliphatic imine (C=N–C) groups is 1. The highest BCUT2D eigenvalue weighted by molar-refractivity contribution is 7.80. The number of nitrogens with two attached hydrogens (primary N) is 2. The second-order valence-electron chi connectivity index (χ2n) is 1.84. The lowest BCUT2D eigenvalue weighted by Gasteiger charge is -2.00. The molecule has 4 N–H and O–H groups in total. The molecule has 60 valence electrons. The molecule has 0 radical (unpaired) electrons. The second kappa shape index (κ2) is 3.59. The summed E-state index contributed by atoms with van der Waals surface area (Å²) >= 11 is 5.61. The van der Waals surface area contributed by atoms with Crippen LogP contribution in [0, 0.1) is 0 Å². The van der Waals surface area contributed by atoms with Crippen LogP contribution in [-0.2, 0) is 0 Å². The van der Waals surface area contributed by atoms with Gasteiger partial charge in [-0.2, -0.15) is 0 Å². The molecule has 1 rings (SSSR count). The average molecular weight is 188 g/mol. The zero-order valence-corrected chi connectivity index (χ0v) is 7.35. The Morgan fingerprint density at radius 2 is 2.45 bits per heavy atom. The molecule has 0 aliphatic heterocycles. The van der Waals surface area contributed by atoms with Crippen LogP contribution in [0.2, 0.25) is 0 Å². The van der Waals surface area contributed by atoms with Crippen molar-refractivity contribution in [3.8, 4) is 0 Å². The Morgan fingerprint density at radius 3 is 2.91 bits per heavy atom. The number of hydrogen-bond donors (Lipinski definition) is 3. The van der Waals surface area contributed by atoms with Crippen molar-refractivity contribution >= 4 is 29.9 Å². The highest BCUT2D eigenvalue weighted by Crippen LogP contribution is 2.19. The van der Waals surface area contributed by atoms with Gasteiger partial charge in [0.1, 0.15) is 5.37 Å². The molecule has 1 aromatic rings. The zero-order valence-electron chi connectivity index (χ0n) is 5.64. The van der Waals surface area contributed by atoms with E-state index < -0.39 is 0 Å². The first kappa shape index (κ1) is 8.35. The lowest BCUT2D eigenvalue weighted by Crippen LogP contribution is -2.23. The second-order valence-corrected chi connectivity index (χ2v) is 3.05. The minimum absolute atomic E-state index is 0.0259. The van der Waals surface area contributed by atoms with E-state index in [1.807, 2.05) is 5.38 Å². The van der Waals surface area contributed by atoms with Gasteiger partial charge in [-0.15, -0.1) is 24.0 Å². The molecule has 11 heavy (non-hydrogen) atoms. The molecule has 1 heterocycles. The summed E-state index contributed by atoms with van der Waals surface area (Å²) in [5.74, 6) is 0.0259. The Hall–Kier alpha value is -0.750. The van der Waals surface area contributed by atoms with Crippen LogP contribution >= 0.6 is 24.0 Å². The normalized spacial score (nSPS) is 12.5. The van der Waals surface area contributed by atoms with Crippen LogP contribution in [0.3, 0.4) is 0 Å². The lowest BCUT2D eigenvalue weighted by atomic mass is 10.5. The van der Waals surface area contributed by atoms with Crippen molar-refractivity contribution in [3.63, 3.8) is 0 Å². The van der Waals surface area contributed by atoms with Crippen molar-refractivity contribution in [2.75, 3.05) is 0 Å². The van der Waals surface area contributed by atoms with Gasteiger partial charge in [0.25, 0.3) is 0 Å². The van der Waals surface area contributed by atoms with Crippen molar-refractivity contribution < 1.29 is 0 Å². The van der Waals surface area contributed by atoms with Crippen LogP contribution in [-0.4, -0.2) is 10.9 Å². The molecule has 1 aromatic heterocycles. The molecule has 0 amide bonds. The van der Waals surface area contributed by atoms with Crippen molar-refractivity contribution in [1.29, 1.82) is 0 Å². The average Bonchev–Trinajstić information content (AvgIpc) is 2.35. The standard InChI is InChI=1S/C5H8N4S2/c6-5(7)9-4(10)3-1-11-2-8-3/h1-2,4,10H,(H4,6,7,9). The molecule has 0 aromatic carbocycles. The van der Waals surface area contributed by atoms with Crippen LogP contribution in [0.25, 0.3) is 0 Å². The van der Waals surface area contributed by atoms with Crippen LogP contribution in [0.15, 0.2) is 15.9 Å². The van der Waals surface area contributed by atoms with E-state index in [4.69, 9.17) is 11.5 Å². The van der Waals surface area contributed by atoms with Gasteiger partial charge in [-0.05, 0) is 0 Å². The maximum atomic E-state index is 5.15. The first-order chi connectivity index (χ1) is 5.20. The number of rotatable bonds is 2. The van der Waals surface area contributed by atoms with Crippen LogP contribution in [0.4, 0.5) is 0 Å². The fourth-order valence-corrected chi connectivity index (χ4v) is 1.50. The summed E-state index contributed by atoms with van der Waals surface area (Å²) in [7, 11) is 0. The smallest absolute Gasteiger partial charge is 0.187 e. The van der Waals surface area contributed by atoms with Crippen LogP contribution < -0.4 is 11.5 Å². The molecule has 1 atom stereocenters. The molecule has 0 saturated heterocycles. The Bertz CT molecular complexity index is 239. The molecule has 4 nitrogen and oxygen atoms in total. The summed E-state index contributed by atoms with van der Waals surface area (Å²) in [6.07, 6.45) is 0. The third kappa shape index (κ3) is 2.39. The summed E-state index contributed by atoms with van der Waals surface area (Å²) in [6.45, 7) is 0. The van der Waals surface area contributed by atoms with Gasteiger partial charge in [-0.1, -0.05) is 0 Å². The highest BCUT2D eigenvalue weighted by Gasteiger charge is 2.05. The fraction of sp³-hybridized carbons (Fsp3) is 0.200. The first-order valence-electron chi connectivity index (χ1n) is 2.85. The van der Waals surface area contributed by atoms with E-state index in [9.17, 15) is 0 Å². The summed E-state index contributed by atoms with van der Waals surface area (Å²) in [4.78, 5) is 7.79. The van der Waals surface area contributed by atoms with Crippen molar-refractivity contribution in [2.45, 2.75) is 5.37 Å². The van der Waals surface area contributed by atoms with Crippen molar-refractivity contribution in [3.05, 3.63) is 16.6 Å². The quantitative estimate of drug-likeness (QED) is 0.356. The summed E-state index contributed by atoms with van der Waals surface area (Å²) in [6, 6.07) is 0. The third-order valence-electron chi connectivity index (χ3n) is 0.987. The Balaban J connectivity index is 2.71. The molecule has 0 fully saturated rings. The first-order valence-corrected chi connectivity index (χ1v) is 4.31. The van der Waals surface area contributed by atoms with E-state index in [1.165, 1.54) is 11.3 Å². The van der Waals surface area contributed by atoms with Gasteiger partial charge in [0.2, 0.25) is 0 Å². The predicted octanol–water partition coefficient (Wildman–Crippen LogP) is 0.345. The molecule has 0 spiro atoms. The Morgan fingerprint density at radius 1 is 1.73 bits per heavy atom. The SMILES string of the molecule is NC(N)=NC(S)c1cscn1. The summed E-state index contributed by atoms with van der Waals surface area (Å²) in [5.41, 5.74) is 12.8. The van der Waals surface area contributed by atoms with E-state index in [1.54, 1.807) is 5.51 Å². The molecule has 0 aliphatic carbocycles. The van der Waals surface area contributed by atoms with Gasteiger partial charge < -0.3 is 11.5 Å².